The number of aliphatic hydroxyl groups excluding tert-OH is 1. The smallest absolute Gasteiger partial charge is 0.250 e. The minimum atomic E-state index is -0.990. The van der Waals surface area contributed by atoms with Crippen LogP contribution in [0.1, 0.15) is 10.8 Å². The van der Waals surface area contributed by atoms with Crippen LogP contribution in [0.5, 0.6) is 5.75 Å². The van der Waals surface area contributed by atoms with Crippen molar-refractivity contribution in [2.75, 3.05) is 19.4 Å². The van der Waals surface area contributed by atoms with E-state index < -0.39 is 6.10 Å². The van der Waals surface area contributed by atoms with Crippen molar-refractivity contribution < 1.29 is 14.6 Å². The van der Waals surface area contributed by atoms with Gasteiger partial charge in [-0.15, -0.1) is 11.8 Å². The fraction of sp³-hybridized carbons (Fsp3) is 0.417. The van der Waals surface area contributed by atoms with Gasteiger partial charge >= 0.3 is 0 Å². The third-order valence-electron chi connectivity index (χ3n) is 2.70. The number of carbonyl (C=O) groups excluding carboxylic acids is 1. The van der Waals surface area contributed by atoms with Crippen LogP contribution in [0.25, 0.3) is 0 Å². The van der Waals surface area contributed by atoms with E-state index in [1.54, 1.807) is 18.9 Å². The van der Waals surface area contributed by atoms with Gasteiger partial charge in [0.2, 0.25) is 5.91 Å². The molecule has 5 heteroatoms. The molecular weight excluding hydrogens is 238 g/mol. The molecule has 0 spiro atoms. The number of rotatable bonds is 2. The van der Waals surface area contributed by atoms with Gasteiger partial charge in [-0.2, -0.15) is 0 Å². The molecule has 0 aliphatic carbocycles. The summed E-state index contributed by atoms with van der Waals surface area (Å²) in [6.45, 7) is 0.604. The van der Waals surface area contributed by atoms with Crippen molar-refractivity contribution in [3.63, 3.8) is 0 Å². The molecule has 0 unspecified atom stereocenters. The molecule has 2 N–H and O–H groups in total. The lowest BCUT2D eigenvalue weighted by Crippen LogP contribution is -2.35. The minimum absolute atomic E-state index is 0.205. The Balaban J connectivity index is 2.20. The van der Waals surface area contributed by atoms with Crippen LogP contribution in [0.4, 0.5) is 0 Å². The van der Waals surface area contributed by atoms with Crippen LogP contribution >= 0.6 is 11.8 Å². The van der Waals surface area contributed by atoms with E-state index in [0.717, 1.165) is 17.1 Å². The number of methoxy groups -OCH3 is 1. The predicted octanol–water partition coefficient (Wildman–Crippen LogP) is 0.960. The van der Waals surface area contributed by atoms with E-state index >= 15 is 0 Å². The average molecular weight is 253 g/mol. The summed E-state index contributed by atoms with van der Waals surface area (Å²) in [5, 5.41) is 12.4. The number of hydrogen-bond donors (Lipinski definition) is 2. The number of ether oxygens (including phenoxy) is 1. The molecule has 1 aliphatic heterocycles. The molecule has 1 fully saturated rings. The van der Waals surface area contributed by atoms with Gasteiger partial charge in [-0.25, -0.2) is 0 Å². The average Bonchev–Trinajstić information content (AvgIpc) is 2.53. The molecule has 1 heterocycles. The molecule has 17 heavy (non-hydrogen) atoms. The summed E-state index contributed by atoms with van der Waals surface area (Å²) in [6.07, 6.45) is -0.990. The van der Waals surface area contributed by atoms with Gasteiger partial charge in [0, 0.05) is 12.3 Å². The molecule has 1 amide bonds. The van der Waals surface area contributed by atoms with Crippen molar-refractivity contribution in [2.24, 2.45) is 0 Å². The second-order valence-corrected chi connectivity index (χ2v) is 5.05. The molecule has 92 valence electrons. The zero-order valence-electron chi connectivity index (χ0n) is 9.55. The van der Waals surface area contributed by atoms with Gasteiger partial charge in [0.05, 0.1) is 12.4 Å². The van der Waals surface area contributed by atoms with Crippen molar-refractivity contribution in [1.29, 1.82) is 0 Å². The maximum Gasteiger partial charge on any atom is 0.250 e. The van der Waals surface area contributed by atoms with E-state index in [1.807, 2.05) is 24.3 Å². The highest BCUT2D eigenvalue weighted by molar-refractivity contribution is 7.99. The number of benzene rings is 1. The standard InChI is InChI=1S/C12H15NO3S/c1-16-9-4-2-8(3-5-9)11-10(14)12(15)13-6-7-17-11/h2-5,10-11,14H,6-7H2,1H3,(H,13,15)/t10-,11+/m0/s1. The molecule has 2 rings (SSSR count). The van der Waals surface area contributed by atoms with E-state index in [4.69, 9.17) is 4.74 Å². The highest BCUT2D eigenvalue weighted by Crippen LogP contribution is 2.34. The fourth-order valence-electron chi connectivity index (χ4n) is 1.77. The fourth-order valence-corrected chi connectivity index (χ4v) is 2.89. The van der Waals surface area contributed by atoms with E-state index in [2.05, 4.69) is 5.32 Å². The van der Waals surface area contributed by atoms with Crippen molar-refractivity contribution in [3.05, 3.63) is 29.8 Å². The summed E-state index contributed by atoms with van der Waals surface area (Å²) in [5.74, 6) is 1.28. The monoisotopic (exact) mass is 253 g/mol. The van der Waals surface area contributed by atoms with Gasteiger partial charge in [-0.1, -0.05) is 12.1 Å². The summed E-state index contributed by atoms with van der Waals surface area (Å²) >= 11 is 1.59. The molecule has 1 saturated heterocycles. The molecule has 0 bridgehead atoms. The van der Waals surface area contributed by atoms with Gasteiger partial charge in [-0.05, 0) is 17.7 Å². The van der Waals surface area contributed by atoms with Crippen molar-refractivity contribution in [1.82, 2.24) is 5.32 Å². The molecule has 1 aromatic carbocycles. The Hall–Kier alpha value is -1.20. The Kier molecular flexibility index (Phi) is 3.91. The highest BCUT2D eigenvalue weighted by Gasteiger charge is 2.29. The summed E-state index contributed by atoms with van der Waals surface area (Å²) in [5.41, 5.74) is 0.945. The second kappa shape index (κ2) is 5.42. The number of thioether (sulfide) groups is 1. The summed E-state index contributed by atoms with van der Waals surface area (Å²) in [7, 11) is 1.61. The molecular formula is C12H15NO3S. The number of hydrogen-bond acceptors (Lipinski definition) is 4. The molecule has 2 atom stereocenters. The number of carbonyl (C=O) groups is 1. The third kappa shape index (κ3) is 2.73. The van der Waals surface area contributed by atoms with Crippen LogP contribution < -0.4 is 10.1 Å². The molecule has 0 saturated carbocycles. The minimum Gasteiger partial charge on any atom is -0.497 e. The molecule has 0 radical (unpaired) electrons. The summed E-state index contributed by atoms with van der Waals surface area (Å²) < 4.78 is 5.08. The van der Waals surface area contributed by atoms with Crippen LogP contribution in [0.3, 0.4) is 0 Å². The van der Waals surface area contributed by atoms with Crippen LogP contribution in [0, 0.1) is 0 Å². The Labute approximate surface area is 104 Å². The Morgan fingerprint density at radius 3 is 2.76 bits per heavy atom. The van der Waals surface area contributed by atoms with Gasteiger partial charge in [0.1, 0.15) is 11.9 Å². The normalized spacial score (nSPS) is 24.9. The lowest BCUT2D eigenvalue weighted by Gasteiger charge is -2.18. The van der Waals surface area contributed by atoms with Crippen LogP contribution in [0.2, 0.25) is 0 Å². The van der Waals surface area contributed by atoms with Crippen LogP contribution in [0.15, 0.2) is 24.3 Å². The number of nitrogens with one attached hydrogen (secondary N) is 1. The maximum atomic E-state index is 11.5. The first-order chi connectivity index (χ1) is 8.22. The molecule has 4 nitrogen and oxygen atoms in total. The van der Waals surface area contributed by atoms with E-state index in [0.29, 0.717) is 6.54 Å². The molecule has 1 aromatic rings. The number of amides is 1. The third-order valence-corrected chi connectivity index (χ3v) is 4.03. The second-order valence-electron chi connectivity index (χ2n) is 3.80. The maximum absolute atomic E-state index is 11.5. The van der Waals surface area contributed by atoms with E-state index in [9.17, 15) is 9.90 Å². The summed E-state index contributed by atoms with van der Waals surface area (Å²) in [6, 6.07) is 7.45. The van der Waals surface area contributed by atoms with Crippen molar-refractivity contribution in [3.8, 4) is 5.75 Å². The van der Waals surface area contributed by atoms with E-state index in [-0.39, 0.29) is 11.2 Å². The first-order valence-corrected chi connectivity index (χ1v) is 6.48. The zero-order chi connectivity index (χ0) is 12.3. The summed E-state index contributed by atoms with van der Waals surface area (Å²) in [4.78, 5) is 11.5. The number of aliphatic hydroxyl groups is 1. The van der Waals surface area contributed by atoms with Gasteiger partial charge in [0.25, 0.3) is 0 Å². The first-order valence-electron chi connectivity index (χ1n) is 5.43. The lowest BCUT2D eigenvalue weighted by molar-refractivity contribution is -0.129. The van der Waals surface area contributed by atoms with Crippen molar-refractivity contribution >= 4 is 17.7 Å². The van der Waals surface area contributed by atoms with Gasteiger partial charge in [-0.3, -0.25) is 4.79 Å². The Morgan fingerprint density at radius 2 is 2.12 bits per heavy atom. The van der Waals surface area contributed by atoms with Gasteiger partial charge in [0.15, 0.2) is 0 Å². The lowest BCUT2D eigenvalue weighted by atomic mass is 10.1. The first kappa shape index (κ1) is 12.3. The predicted molar refractivity (Wildman–Crippen MR) is 67.2 cm³/mol. The van der Waals surface area contributed by atoms with E-state index in [1.165, 1.54) is 0 Å². The Bertz CT molecular complexity index is 393. The molecule has 0 aromatic heterocycles. The zero-order valence-corrected chi connectivity index (χ0v) is 10.4. The largest absolute Gasteiger partial charge is 0.497 e. The highest BCUT2D eigenvalue weighted by atomic mass is 32.2. The van der Waals surface area contributed by atoms with Crippen molar-refractivity contribution in [2.45, 2.75) is 11.4 Å². The van der Waals surface area contributed by atoms with Gasteiger partial charge < -0.3 is 15.2 Å². The quantitative estimate of drug-likeness (QED) is 0.824. The van der Waals surface area contributed by atoms with Crippen LogP contribution in [-0.4, -0.2) is 36.5 Å². The van der Waals surface area contributed by atoms with Crippen LogP contribution in [-0.2, 0) is 4.79 Å². The Morgan fingerprint density at radius 1 is 1.41 bits per heavy atom. The SMILES string of the molecule is COc1ccc([C@H]2SCCNC(=O)[C@H]2O)cc1. The topological polar surface area (TPSA) is 58.6 Å². The molecule has 1 aliphatic rings.